The van der Waals surface area contributed by atoms with E-state index in [0.29, 0.717) is 18.0 Å². The first-order valence-corrected chi connectivity index (χ1v) is 6.48. The summed E-state index contributed by atoms with van der Waals surface area (Å²) in [5.74, 6) is 0.0961. The maximum absolute atomic E-state index is 9.34. The topological polar surface area (TPSA) is 52.5 Å². The van der Waals surface area contributed by atoms with Crippen molar-refractivity contribution in [2.24, 2.45) is 0 Å². The molecule has 0 fully saturated rings. The molecule has 2 rings (SSSR count). The average molecular weight is 278 g/mol. The number of halogens is 1. The zero-order valence-electron chi connectivity index (χ0n) is 10.4. The van der Waals surface area contributed by atoms with E-state index in [2.05, 4.69) is 5.32 Å². The summed E-state index contributed by atoms with van der Waals surface area (Å²) in [5, 5.41) is 21.8. The normalized spacial score (nSPS) is 10.4. The van der Waals surface area contributed by atoms with Gasteiger partial charge in [0.25, 0.3) is 0 Å². The van der Waals surface area contributed by atoms with E-state index in [4.69, 9.17) is 16.7 Å². The third-order valence-electron chi connectivity index (χ3n) is 2.86. The SMILES string of the molecule is OCCc1ccc(NCc2ccc(O)c(Cl)c2)cc1. The van der Waals surface area contributed by atoms with Crippen LogP contribution in [0.3, 0.4) is 0 Å². The average Bonchev–Trinajstić information content (AvgIpc) is 2.42. The number of aliphatic hydroxyl groups excluding tert-OH is 1. The van der Waals surface area contributed by atoms with Crippen LogP contribution in [-0.4, -0.2) is 16.8 Å². The Morgan fingerprint density at radius 2 is 1.68 bits per heavy atom. The third-order valence-corrected chi connectivity index (χ3v) is 3.17. The zero-order valence-corrected chi connectivity index (χ0v) is 11.2. The van der Waals surface area contributed by atoms with Crippen LogP contribution in [-0.2, 0) is 13.0 Å². The first kappa shape index (κ1) is 13.7. The molecule has 0 amide bonds. The monoisotopic (exact) mass is 277 g/mol. The molecule has 0 saturated carbocycles. The molecule has 0 saturated heterocycles. The molecule has 19 heavy (non-hydrogen) atoms. The van der Waals surface area contributed by atoms with Gasteiger partial charge < -0.3 is 15.5 Å². The summed E-state index contributed by atoms with van der Waals surface area (Å²) in [5.41, 5.74) is 3.12. The van der Waals surface area contributed by atoms with Crippen molar-refractivity contribution in [3.63, 3.8) is 0 Å². The number of nitrogens with one attached hydrogen (secondary N) is 1. The molecule has 0 spiro atoms. The predicted octanol–water partition coefficient (Wildman–Crippen LogP) is 3.19. The van der Waals surface area contributed by atoms with E-state index in [9.17, 15) is 5.11 Å². The van der Waals surface area contributed by atoms with Crippen molar-refractivity contribution >= 4 is 17.3 Å². The Morgan fingerprint density at radius 3 is 2.32 bits per heavy atom. The van der Waals surface area contributed by atoms with Crippen LogP contribution < -0.4 is 5.32 Å². The molecule has 0 bridgehead atoms. The number of hydrogen-bond acceptors (Lipinski definition) is 3. The highest BCUT2D eigenvalue weighted by molar-refractivity contribution is 6.32. The van der Waals surface area contributed by atoms with Crippen molar-refractivity contribution in [1.82, 2.24) is 0 Å². The second kappa shape index (κ2) is 6.45. The standard InChI is InChI=1S/C15H16ClNO2/c16-14-9-12(3-6-15(14)19)10-17-13-4-1-11(2-5-13)7-8-18/h1-6,9,17-19H,7-8,10H2. The quantitative estimate of drug-likeness (QED) is 0.787. The lowest BCUT2D eigenvalue weighted by atomic mass is 10.1. The van der Waals surface area contributed by atoms with Crippen molar-refractivity contribution in [1.29, 1.82) is 0 Å². The Hall–Kier alpha value is -1.71. The molecule has 2 aromatic carbocycles. The van der Waals surface area contributed by atoms with Gasteiger partial charge in [0, 0.05) is 18.8 Å². The predicted molar refractivity (Wildman–Crippen MR) is 77.7 cm³/mol. The minimum Gasteiger partial charge on any atom is -0.506 e. The summed E-state index contributed by atoms with van der Waals surface area (Å²) in [6.07, 6.45) is 0.674. The molecule has 3 N–H and O–H groups in total. The molecule has 0 radical (unpaired) electrons. The van der Waals surface area contributed by atoms with Gasteiger partial charge in [-0.2, -0.15) is 0 Å². The fourth-order valence-electron chi connectivity index (χ4n) is 1.78. The molecule has 0 aromatic heterocycles. The number of phenols is 1. The van der Waals surface area contributed by atoms with Crippen molar-refractivity contribution in [3.05, 3.63) is 58.6 Å². The van der Waals surface area contributed by atoms with Gasteiger partial charge in [0.1, 0.15) is 5.75 Å². The van der Waals surface area contributed by atoms with E-state index in [1.54, 1.807) is 12.1 Å². The van der Waals surface area contributed by atoms with Gasteiger partial charge in [-0.25, -0.2) is 0 Å². The van der Waals surface area contributed by atoms with Crippen LogP contribution in [0.4, 0.5) is 5.69 Å². The molecular formula is C15H16ClNO2. The van der Waals surface area contributed by atoms with E-state index >= 15 is 0 Å². The molecule has 0 atom stereocenters. The third kappa shape index (κ3) is 3.88. The second-order valence-electron chi connectivity index (χ2n) is 4.31. The van der Waals surface area contributed by atoms with Gasteiger partial charge in [-0.3, -0.25) is 0 Å². The number of aliphatic hydroxyl groups is 1. The first-order chi connectivity index (χ1) is 9.19. The summed E-state index contributed by atoms with van der Waals surface area (Å²) >= 11 is 5.85. The van der Waals surface area contributed by atoms with Gasteiger partial charge in [-0.05, 0) is 41.8 Å². The second-order valence-corrected chi connectivity index (χ2v) is 4.72. The summed E-state index contributed by atoms with van der Waals surface area (Å²) in [4.78, 5) is 0. The van der Waals surface area contributed by atoms with Crippen LogP contribution in [0, 0.1) is 0 Å². The van der Waals surface area contributed by atoms with Crippen LogP contribution in [0.2, 0.25) is 5.02 Å². The van der Waals surface area contributed by atoms with Crippen molar-refractivity contribution < 1.29 is 10.2 Å². The number of hydrogen-bond donors (Lipinski definition) is 3. The maximum atomic E-state index is 9.34. The number of phenolic OH excluding ortho intramolecular Hbond substituents is 1. The molecule has 100 valence electrons. The minimum absolute atomic E-state index is 0.0961. The molecule has 2 aromatic rings. The Bertz CT molecular complexity index is 540. The molecular weight excluding hydrogens is 262 g/mol. The first-order valence-electron chi connectivity index (χ1n) is 6.10. The summed E-state index contributed by atoms with van der Waals surface area (Å²) < 4.78 is 0. The Kier molecular flexibility index (Phi) is 4.66. The summed E-state index contributed by atoms with van der Waals surface area (Å²) in [6.45, 7) is 0.804. The Morgan fingerprint density at radius 1 is 1.00 bits per heavy atom. The number of benzene rings is 2. The zero-order chi connectivity index (χ0) is 13.7. The maximum Gasteiger partial charge on any atom is 0.134 e. The van der Waals surface area contributed by atoms with Gasteiger partial charge in [0.15, 0.2) is 0 Å². The molecule has 0 aliphatic rings. The van der Waals surface area contributed by atoms with Gasteiger partial charge in [-0.15, -0.1) is 0 Å². The fourth-order valence-corrected chi connectivity index (χ4v) is 1.99. The van der Waals surface area contributed by atoms with E-state index < -0.39 is 0 Å². The van der Waals surface area contributed by atoms with Gasteiger partial charge in [0.05, 0.1) is 5.02 Å². The lowest BCUT2D eigenvalue weighted by Crippen LogP contribution is -1.99. The van der Waals surface area contributed by atoms with E-state index in [-0.39, 0.29) is 12.4 Å². The lowest BCUT2D eigenvalue weighted by molar-refractivity contribution is 0.299. The highest BCUT2D eigenvalue weighted by Crippen LogP contribution is 2.24. The molecule has 0 aliphatic carbocycles. The van der Waals surface area contributed by atoms with Crippen LogP contribution in [0.15, 0.2) is 42.5 Å². The highest BCUT2D eigenvalue weighted by Gasteiger charge is 2.00. The fraction of sp³-hybridized carbons (Fsp3) is 0.200. The largest absolute Gasteiger partial charge is 0.506 e. The molecule has 4 heteroatoms. The summed E-state index contributed by atoms with van der Waals surface area (Å²) in [7, 11) is 0. The highest BCUT2D eigenvalue weighted by atomic mass is 35.5. The van der Waals surface area contributed by atoms with Gasteiger partial charge in [0.2, 0.25) is 0 Å². The van der Waals surface area contributed by atoms with E-state index in [1.165, 1.54) is 0 Å². The molecule has 0 unspecified atom stereocenters. The molecule has 0 aliphatic heterocycles. The van der Waals surface area contributed by atoms with Crippen molar-refractivity contribution in [2.75, 3.05) is 11.9 Å². The van der Waals surface area contributed by atoms with E-state index in [1.807, 2.05) is 30.3 Å². The Labute approximate surface area is 117 Å². The lowest BCUT2D eigenvalue weighted by Gasteiger charge is -2.08. The van der Waals surface area contributed by atoms with Crippen molar-refractivity contribution in [3.8, 4) is 5.75 Å². The van der Waals surface area contributed by atoms with Crippen LogP contribution in [0.5, 0.6) is 5.75 Å². The van der Waals surface area contributed by atoms with Gasteiger partial charge in [-0.1, -0.05) is 29.8 Å². The van der Waals surface area contributed by atoms with Crippen LogP contribution in [0.25, 0.3) is 0 Å². The number of aromatic hydroxyl groups is 1. The summed E-state index contributed by atoms with van der Waals surface area (Å²) in [6, 6.07) is 13.1. The van der Waals surface area contributed by atoms with E-state index in [0.717, 1.165) is 16.8 Å². The van der Waals surface area contributed by atoms with Crippen LogP contribution in [0.1, 0.15) is 11.1 Å². The molecule has 0 heterocycles. The number of anilines is 1. The number of rotatable bonds is 5. The van der Waals surface area contributed by atoms with Crippen molar-refractivity contribution in [2.45, 2.75) is 13.0 Å². The van der Waals surface area contributed by atoms with Gasteiger partial charge >= 0.3 is 0 Å². The molecule has 3 nitrogen and oxygen atoms in total. The Balaban J connectivity index is 1.96. The smallest absolute Gasteiger partial charge is 0.134 e. The minimum atomic E-state index is 0.0961. The van der Waals surface area contributed by atoms with Crippen LogP contribution >= 0.6 is 11.6 Å².